The third kappa shape index (κ3) is 5.42. The van der Waals surface area contributed by atoms with Crippen LogP contribution in [0.3, 0.4) is 0 Å². The number of anilines is 2. The van der Waals surface area contributed by atoms with E-state index in [0.717, 1.165) is 0 Å². The van der Waals surface area contributed by atoms with E-state index in [2.05, 4.69) is 10.6 Å². The van der Waals surface area contributed by atoms with E-state index in [1.807, 2.05) is 13.8 Å². The summed E-state index contributed by atoms with van der Waals surface area (Å²) >= 11 is 0. The Balaban J connectivity index is 2.01. The molecule has 2 N–H and O–H groups in total. The van der Waals surface area contributed by atoms with Crippen LogP contribution in [-0.2, 0) is 4.79 Å². The van der Waals surface area contributed by atoms with Crippen LogP contribution < -0.4 is 10.6 Å². The molecule has 0 aliphatic rings. The fourth-order valence-corrected chi connectivity index (χ4v) is 2.18. The lowest BCUT2D eigenvalue weighted by atomic mass is 10.1. The van der Waals surface area contributed by atoms with Crippen molar-refractivity contribution in [1.29, 1.82) is 0 Å². The van der Waals surface area contributed by atoms with E-state index in [1.54, 1.807) is 24.3 Å². The number of benzene rings is 2. The summed E-state index contributed by atoms with van der Waals surface area (Å²) in [6, 6.07) is 12.2. The zero-order chi connectivity index (χ0) is 18.4. The van der Waals surface area contributed by atoms with Crippen LogP contribution in [0.25, 0.3) is 0 Å². The molecule has 0 aliphatic heterocycles. The molecular formula is C18H19N3O4. The Labute approximate surface area is 145 Å². The molecule has 0 unspecified atom stereocenters. The SMILES string of the molecule is CC(C)CC(=O)Nc1ccc(NC(=O)c2cccc([N+](=O)[O-])c2)cc1. The van der Waals surface area contributed by atoms with Crippen molar-refractivity contribution >= 4 is 28.9 Å². The second-order valence-corrected chi connectivity index (χ2v) is 5.99. The third-order valence-corrected chi connectivity index (χ3v) is 3.34. The molecule has 0 atom stereocenters. The summed E-state index contributed by atoms with van der Waals surface area (Å²) < 4.78 is 0. The number of nitrogens with one attached hydrogen (secondary N) is 2. The highest BCUT2D eigenvalue weighted by molar-refractivity contribution is 6.04. The Kier molecular flexibility index (Phi) is 5.84. The molecule has 0 radical (unpaired) electrons. The maximum Gasteiger partial charge on any atom is 0.270 e. The van der Waals surface area contributed by atoms with E-state index in [1.165, 1.54) is 24.3 Å². The van der Waals surface area contributed by atoms with E-state index in [-0.39, 0.29) is 23.1 Å². The van der Waals surface area contributed by atoms with Crippen LogP contribution in [0.5, 0.6) is 0 Å². The van der Waals surface area contributed by atoms with Gasteiger partial charge in [0.25, 0.3) is 11.6 Å². The molecular weight excluding hydrogens is 322 g/mol. The Morgan fingerprint density at radius 3 is 2.20 bits per heavy atom. The van der Waals surface area contributed by atoms with Crippen molar-refractivity contribution in [2.45, 2.75) is 20.3 Å². The van der Waals surface area contributed by atoms with Crippen LogP contribution in [0.15, 0.2) is 48.5 Å². The zero-order valence-corrected chi connectivity index (χ0v) is 14.0. The molecule has 130 valence electrons. The molecule has 0 aliphatic carbocycles. The quantitative estimate of drug-likeness (QED) is 0.616. The number of rotatable bonds is 6. The third-order valence-electron chi connectivity index (χ3n) is 3.34. The Bertz CT molecular complexity index is 785. The van der Waals surface area contributed by atoms with E-state index < -0.39 is 10.8 Å². The molecule has 7 nitrogen and oxygen atoms in total. The number of nitro benzene ring substituents is 1. The standard InChI is InChI=1S/C18H19N3O4/c1-12(2)10-17(22)19-14-6-8-15(9-7-14)20-18(23)13-4-3-5-16(11-13)21(24)25/h3-9,11-12H,10H2,1-2H3,(H,19,22)(H,20,23). The van der Waals surface area contributed by atoms with Gasteiger partial charge in [0.2, 0.25) is 5.91 Å². The van der Waals surface area contributed by atoms with E-state index >= 15 is 0 Å². The molecule has 0 heterocycles. The van der Waals surface area contributed by atoms with Crippen molar-refractivity contribution in [1.82, 2.24) is 0 Å². The van der Waals surface area contributed by atoms with E-state index in [4.69, 9.17) is 0 Å². The smallest absolute Gasteiger partial charge is 0.270 e. The zero-order valence-electron chi connectivity index (χ0n) is 14.0. The molecule has 0 saturated carbocycles. The topological polar surface area (TPSA) is 101 Å². The number of hydrogen-bond acceptors (Lipinski definition) is 4. The lowest BCUT2D eigenvalue weighted by Crippen LogP contribution is -2.14. The van der Waals surface area contributed by atoms with Gasteiger partial charge in [-0.2, -0.15) is 0 Å². The van der Waals surface area contributed by atoms with Crippen LogP contribution in [-0.4, -0.2) is 16.7 Å². The van der Waals surface area contributed by atoms with Crippen molar-refractivity contribution in [3.63, 3.8) is 0 Å². The van der Waals surface area contributed by atoms with Gasteiger partial charge in [-0.25, -0.2) is 0 Å². The maximum absolute atomic E-state index is 12.2. The molecule has 7 heteroatoms. The van der Waals surface area contributed by atoms with Crippen molar-refractivity contribution in [3.05, 3.63) is 64.2 Å². The van der Waals surface area contributed by atoms with Gasteiger partial charge >= 0.3 is 0 Å². The van der Waals surface area contributed by atoms with Gasteiger partial charge in [0.05, 0.1) is 4.92 Å². The highest BCUT2D eigenvalue weighted by Gasteiger charge is 2.12. The summed E-state index contributed by atoms with van der Waals surface area (Å²) in [6.07, 6.45) is 0.436. The first-order valence-corrected chi connectivity index (χ1v) is 7.81. The highest BCUT2D eigenvalue weighted by atomic mass is 16.6. The first kappa shape index (κ1) is 18.1. The normalized spacial score (nSPS) is 10.4. The minimum absolute atomic E-state index is 0.0663. The average Bonchev–Trinajstić information content (AvgIpc) is 2.56. The van der Waals surface area contributed by atoms with Crippen LogP contribution in [0.1, 0.15) is 30.6 Å². The minimum atomic E-state index is -0.550. The van der Waals surface area contributed by atoms with Gasteiger partial charge in [0, 0.05) is 35.5 Å². The Morgan fingerprint density at radius 2 is 1.64 bits per heavy atom. The van der Waals surface area contributed by atoms with E-state index in [9.17, 15) is 19.7 Å². The second kappa shape index (κ2) is 8.05. The second-order valence-electron chi connectivity index (χ2n) is 5.99. The molecule has 0 fully saturated rings. The van der Waals surface area contributed by atoms with Gasteiger partial charge in [0.15, 0.2) is 0 Å². The summed E-state index contributed by atoms with van der Waals surface area (Å²) in [5.41, 5.74) is 1.22. The fourth-order valence-electron chi connectivity index (χ4n) is 2.18. The van der Waals surface area contributed by atoms with Crippen LogP contribution in [0.4, 0.5) is 17.1 Å². The molecule has 2 aromatic rings. The number of nitro groups is 1. The Hall–Kier alpha value is -3.22. The molecule has 0 bridgehead atoms. The van der Waals surface area contributed by atoms with Crippen molar-refractivity contribution in [2.24, 2.45) is 5.92 Å². The summed E-state index contributed by atoms with van der Waals surface area (Å²) in [6.45, 7) is 3.93. The predicted molar refractivity (Wildman–Crippen MR) is 95.6 cm³/mol. The molecule has 0 spiro atoms. The lowest BCUT2D eigenvalue weighted by molar-refractivity contribution is -0.384. The molecule has 0 aromatic heterocycles. The highest BCUT2D eigenvalue weighted by Crippen LogP contribution is 2.17. The number of carbonyl (C=O) groups excluding carboxylic acids is 2. The minimum Gasteiger partial charge on any atom is -0.326 e. The van der Waals surface area contributed by atoms with Crippen LogP contribution in [0, 0.1) is 16.0 Å². The molecule has 25 heavy (non-hydrogen) atoms. The molecule has 2 rings (SSSR count). The Morgan fingerprint density at radius 1 is 1.04 bits per heavy atom. The average molecular weight is 341 g/mol. The predicted octanol–water partition coefficient (Wildman–Crippen LogP) is 3.83. The van der Waals surface area contributed by atoms with Gasteiger partial charge in [-0.3, -0.25) is 19.7 Å². The lowest BCUT2D eigenvalue weighted by Gasteiger charge is -2.09. The van der Waals surface area contributed by atoms with Crippen molar-refractivity contribution in [2.75, 3.05) is 10.6 Å². The largest absolute Gasteiger partial charge is 0.326 e. The number of carbonyl (C=O) groups is 2. The fraction of sp³-hybridized carbons (Fsp3) is 0.222. The monoisotopic (exact) mass is 341 g/mol. The van der Waals surface area contributed by atoms with Crippen LogP contribution >= 0.6 is 0 Å². The molecule has 2 aromatic carbocycles. The van der Waals surface area contributed by atoms with Gasteiger partial charge < -0.3 is 10.6 Å². The first-order valence-electron chi connectivity index (χ1n) is 7.81. The molecule has 2 amide bonds. The number of non-ortho nitro benzene ring substituents is 1. The summed E-state index contributed by atoms with van der Waals surface area (Å²) in [5, 5.41) is 16.2. The maximum atomic E-state index is 12.2. The number of nitrogens with zero attached hydrogens (tertiary/aromatic N) is 1. The number of amides is 2. The van der Waals surface area contributed by atoms with Gasteiger partial charge in [-0.1, -0.05) is 19.9 Å². The van der Waals surface area contributed by atoms with Gasteiger partial charge in [-0.15, -0.1) is 0 Å². The van der Waals surface area contributed by atoms with Gasteiger partial charge in [0.1, 0.15) is 0 Å². The summed E-state index contributed by atoms with van der Waals surface area (Å²) in [4.78, 5) is 34.1. The first-order chi connectivity index (χ1) is 11.8. The summed E-state index contributed by atoms with van der Waals surface area (Å²) in [7, 11) is 0. The number of hydrogen-bond donors (Lipinski definition) is 2. The van der Waals surface area contributed by atoms with Crippen LogP contribution in [0.2, 0.25) is 0 Å². The molecule has 0 saturated heterocycles. The van der Waals surface area contributed by atoms with Crippen molar-refractivity contribution in [3.8, 4) is 0 Å². The van der Waals surface area contributed by atoms with Gasteiger partial charge in [-0.05, 0) is 36.2 Å². The van der Waals surface area contributed by atoms with E-state index in [0.29, 0.717) is 17.8 Å². The van der Waals surface area contributed by atoms with Crippen molar-refractivity contribution < 1.29 is 14.5 Å². The summed E-state index contributed by atoms with van der Waals surface area (Å²) in [5.74, 6) is -0.239.